The molecule has 0 aromatic rings. The second-order valence-electron chi connectivity index (χ2n) is 2.58. The van der Waals surface area contributed by atoms with Crippen LogP contribution in [0.2, 0.25) is 0 Å². The molecule has 1 fully saturated rings. The van der Waals surface area contributed by atoms with E-state index in [1.54, 1.807) is 7.11 Å². The van der Waals surface area contributed by atoms with E-state index in [9.17, 15) is 4.79 Å². The molecule has 10 heavy (non-hydrogen) atoms. The number of esters is 1. The fraction of sp³-hybridized carbons (Fsp3) is 0.857. The third-order valence-corrected chi connectivity index (χ3v) is 1.75. The summed E-state index contributed by atoms with van der Waals surface area (Å²) in [7, 11) is 1.55. The standard InChI is InChI=1S/C7H12O3/c1-5-3-4-6(9-2)10-7(5)8/h5-6H,3-4H2,1-2H3. The molecule has 0 aliphatic carbocycles. The van der Waals surface area contributed by atoms with Crippen LogP contribution in [-0.2, 0) is 14.3 Å². The molecule has 0 amide bonds. The van der Waals surface area contributed by atoms with E-state index < -0.39 is 0 Å². The maximum absolute atomic E-state index is 10.9. The number of ether oxygens (including phenoxy) is 2. The highest BCUT2D eigenvalue weighted by Crippen LogP contribution is 2.19. The van der Waals surface area contributed by atoms with Crippen molar-refractivity contribution in [2.75, 3.05) is 7.11 Å². The zero-order chi connectivity index (χ0) is 7.56. The Balaban J connectivity index is 2.41. The first-order valence-corrected chi connectivity index (χ1v) is 3.47. The van der Waals surface area contributed by atoms with Crippen molar-refractivity contribution in [3.63, 3.8) is 0 Å². The first-order chi connectivity index (χ1) is 4.74. The van der Waals surface area contributed by atoms with Crippen LogP contribution >= 0.6 is 0 Å². The van der Waals surface area contributed by atoms with Gasteiger partial charge in [-0.1, -0.05) is 6.92 Å². The smallest absolute Gasteiger partial charge is 0.310 e. The molecule has 0 radical (unpaired) electrons. The van der Waals surface area contributed by atoms with Crippen LogP contribution in [0.3, 0.4) is 0 Å². The van der Waals surface area contributed by atoms with Crippen LogP contribution in [0.4, 0.5) is 0 Å². The highest BCUT2D eigenvalue weighted by Gasteiger charge is 2.25. The third-order valence-electron chi connectivity index (χ3n) is 1.75. The van der Waals surface area contributed by atoms with Crippen molar-refractivity contribution in [2.24, 2.45) is 5.92 Å². The molecule has 0 N–H and O–H groups in total. The summed E-state index contributed by atoms with van der Waals surface area (Å²) < 4.78 is 9.75. The number of carbonyl (C=O) groups excluding carboxylic acids is 1. The maximum atomic E-state index is 10.9. The molecule has 3 heteroatoms. The Morgan fingerprint density at radius 2 is 2.30 bits per heavy atom. The summed E-state index contributed by atoms with van der Waals surface area (Å²) >= 11 is 0. The predicted octanol–water partition coefficient (Wildman–Crippen LogP) is 0.932. The largest absolute Gasteiger partial charge is 0.436 e. The van der Waals surface area contributed by atoms with Crippen molar-refractivity contribution in [3.8, 4) is 0 Å². The minimum atomic E-state index is -0.302. The molecule has 1 saturated heterocycles. The Morgan fingerprint density at radius 1 is 1.60 bits per heavy atom. The normalized spacial score (nSPS) is 33.6. The molecule has 1 rings (SSSR count). The van der Waals surface area contributed by atoms with Gasteiger partial charge >= 0.3 is 5.97 Å². The van der Waals surface area contributed by atoms with E-state index in [2.05, 4.69) is 0 Å². The van der Waals surface area contributed by atoms with Gasteiger partial charge in [0.2, 0.25) is 6.29 Å². The Hall–Kier alpha value is -0.570. The molecule has 2 atom stereocenters. The first-order valence-electron chi connectivity index (χ1n) is 3.47. The molecule has 2 unspecified atom stereocenters. The lowest BCUT2D eigenvalue weighted by Gasteiger charge is -2.24. The van der Waals surface area contributed by atoms with E-state index in [1.165, 1.54) is 0 Å². The van der Waals surface area contributed by atoms with Crippen molar-refractivity contribution in [1.82, 2.24) is 0 Å². The van der Waals surface area contributed by atoms with E-state index in [0.717, 1.165) is 12.8 Å². The predicted molar refractivity (Wildman–Crippen MR) is 35.3 cm³/mol. The Labute approximate surface area is 60.3 Å². The fourth-order valence-electron chi connectivity index (χ4n) is 0.975. The Morgan fingerprint density at radius 3 is 2.80 bits per heavy atom. The van der Waals surface area contributed by atoms with Gasteiger partial charge in [-0.3, -0.25) is 4.79 Å². The molecule has 0 bridgehead atoms. The topological polar surface area (TPSA) is 35.5 Å². The van der Waals surface area contributed by atoms with E-state index in [0.29, 0.717) is 0 Å². The van der Waals surface area contributed by atoms with Crippen LogP contribution in [0, 0.1) is 5.92 Å². The van der Waals surface area contributed by atoms with Gasteiger partial charge in [0.05, 0.1) is 5.92 Å². The summed E-state index contributed by atoms with van der Waals surface area (Å²) in [6.45, 7) is 1.87. The van der Waals surface area contributed by atoms with Crippen LogP contribution in [0.1, 0.15) is 19.8 Å². The van der Waals surface area contributed by atoms with Gasteiger partial charge in [0.15, 0.2) is 0 Å². The quantitative estimate of drug-likeness (QED) is 0.513. The summed E-state index contributed by atoms with van der Waals surface area (Å²) in [4.78, 5) is 10.9. The maximum Gasteiger partial charge on any atom is 0.310 e. The number of hydrogen-bond donors (Lipinski definition) is 0. The van der Waals surface area contributed by atoms with E-state index >= 15 is 0 Å². The van der Waals surface area contributed by atoms with Crippen molar-refractivity contribution in [1.29, 1.82) is 0 Å². The molecule has 1 aliphatic heterocycles. The highest BCUT2D eigenvalue weighted by atomic mass is 16.7. The first kappa shape index (κ1) is 7.54. The minimum absolute atomic E-state index is 0.0476. The average molecular weight is 144 g/mol. The number of hydrogen-bond acceptors (Lipinski definition) is 3. The number of cyclic esters (lactones) is 1. The number of carbonyl (C=O) groups is 1. The van der Waals surface area contributed by atoms with E-state index in [-0.39, 0.29) is 18.2 Å². The van der Waals surface area contributed by atoms with E-state index in [1.807, 2.05) is 6.92 Å². The van der Waals surface area contributed by atoms with Gasteiger partial charge < -0.3 is 9.47 Å². The molecule has 0 spiro atoms. The molecule has 1 aliphatic rings. The van der Waals surface area contributed by atoms with Gasteiger partial charge in [-0.05, 0) is 6.42 Å². The van der Waals surface area contributed by atoms with Crippen LogP contribution in [0.25, 0.3) is 0 Å². The zero-order valence-corrected chi connectivity index (χ0v) is 6.29. The average Bonchev–Trinajstić information content (AvgIpc) is 1.95. The lowest BCUT2D eigenvalue weighted by Crippen LogP contribution is -2.30. The van der Waals surface area contributed by atoms with Crippen LogP contribution in [0.15, 0.2) is 0 Å². The lowest BCUT2D eigenvalue weighted by atomic mass is 10.0. The SMILES string of the molecule is COC1CCC(C)C(=O)O1. The van der Waals surface area contributed by atoms with Gasteiger partial charge in [0, 0.05) is 13.5 Å². The van der Waals surface area contributed by atoms with Gasteiger partial charge in [-0.2, -0.15) is 0 Å². The minimum Gasteiger partial charge on any atom is -0.436 e. The lowest BCUT2D eigenvalue weighted by molar-refractivity contribution is -0.188. The molecule has 1 heterocycles. The van der Waals surface area contributed by atoms with Crippen LogP contribution < -0.4 is 0 Å². The number of rotatable bonds is 1. The van der Waals surface area contributed by atoms with Gasteiger partial charge in [-0.25, -0.2) is 0 Å². The Bertz CT molecular complexity index is 133. The summed E-state index contributed by atoms with van der Waals surface area (Å²) in [6.07, 6.45) is 1.39. The van der Waals surface area contributed by atoms with Gasteiger partial charge in [0.25, 0.3) is 0 Å². The molecule has 0 aromatic heterocycles. The monoisotopic (exact) mass is 144 g/mol. The van der Waals surface area contributed by atoms with Crippen LogP contribution in [-0.4, -0.2) is 19.4 Å². The zero-order valence-electron chi connectivity index (χ0n) is 6.29. The van der Waals surface area contributed by atoms with Gasteiger partial charge in [-0.15, -0.1) is 0 Å². The highest BCUT2D eigenvalue weighted by molar-refractivity contribution is 5.72. The fourth-order valence-corrected chi connectivity index (χ4v) is 0.975. The second kappa shape index (κ2) is 3.01. The summed E-state index contributed by atoms with van der Waals surface area (Å²) in [5, 5.41) is 0. The van der Waals surface area contributed by atoms with E-state index in [4.69, 9.17) is 9.47 Å². The third kappa shape index (κ3) is 1.48. The summed E-state index contributed by atoms with van der Waals surface area (Å²) in [5.41, 5.74) is 0. The molecule has 0 saturated carbocycles. The summed E-state index contributed by atoms with van der Waals surface area (Å²) in [6, 6.07) is 0. The Kier molecular flexibility index (Phi) is 2.27. The van der Waals surface area contributed by atoms with Crippen LogP contribution in [0.5, 0.6) is 0 Å². The summed E-state index contributed by atoms with van der Waals surface area (Å²) in [5.74, 6) is -0.0931. The van der Waals surface area contributed by atoms with Crippen molar-refractivity contribution in [2.45, 2.75) is 26.1 Å². The second-order valence-corrected chi connectivity index (χ2v) is 2.58. The molecule has 0 aromatic carbocycles. The van der Waals surface area contributed by atoms with Crippen molar-refractivity contribution in [3.05, 3.63) is 0 Å². The van der Waals surface area contributed by atoms with Crippen molar-refractivity contribution >= 4 is 5.97 Å². The molecule has 58 valence electrons. The molecule has 3 nitrogen and oxygen atoms in total. The molecular weight excluding hydrogens is 132 g/mol. The van der Waals surface area contributed by atoms with Gasteiger partial charge in [0.1, 0.15) is 0 Å². The van der Waals surface area contributed by atoms with Crippen molar-refractivity contribution < 1.29 is 14.3 Å². The molecular formula is C7H12O3. The number of methoxy groups -OCH3 is 1.